The quantitative estimate of drug-likeness (QED) is 0.690. The Labute approximate surface area is 167 Å². The van der Waals surface area contributed by atoms with Crippen LogP contribution in [0, 0.1) is 12.7 Å². The Bertz CT molecular complexity index is 1090. The molecule has 9 heteroatoms. The maximum Gasteiger partial charge on any atom is 0.270 e. The lowest BCUT2D eigenvalue weighted by molar-refractivity contribution is 0.0944. The highest BCUT2D eigenvalue weighted by Crippen LogP contribution is 2.20. The number of benzene rings is 1. The van der Waals surface area contributed by atoms with Gasteiger partial charge in [-0.3, -0.25) is 24.6 Å². The highest BCUT2D eigenvalue weighted by molar-refractivity contribution is 5.94. The number of halogens is 1. The number of aryl methyl sites for hydroxylation is 2. The van der Waals surface area contributed by atoms with Crippen molar-refractivity contribution in [3.05, 3.63) is 58.9 Å². The molecule has 0 bridgehead atoms. The summed E-state index contributed by atoms with van der Waals surface area (Å²) in [5.74, 6) is -0.130. The lowest BCUT2D eigenvalue weighted by Gasteiger charge is -2.26. The molecule has 150 valence electrons. The van der Waals surface area contributed by atoms with Gasteiger partial charge >= 0.3 is 0 Å². The van der Waals surface area contributed by atoms with E-state index >= 15 is 0 Å². The highest BCUT2D eigenvalue weighted by Gasteiger charge is 2.19. The van der Waals surface area contributed by atoms with Crippen LogP contribution in [0.4, 0.5) is 10.1 Å². The van der Waals surface area contributed by atoms with E-state index in [9.17, 15) is 9.18 Å². The van der Waals surface area contributed by atoms with Crippen LogP contribution in [-0.2, 0) is 13.0 Å². The molecular weight excluding hydrogens is 373 g/mol. The van der Waals surface area contributed by atoms with Crippen molar-refractivity contribution >= 4 is 23.7 Å². The fourth-order valence-electron chi connectivity index (χ4n) is 3.30. The van der Waals surface area contributed by atoms with Crippen LogP contribution in [0.3, 0.4) is 0 Å². The summed E-state index contributed by atoms with van der Waals surface area (Å²) >= 11 is 0. The maximum atomic E-state index is 14.5. The third-order valence-electron chi connectivity index (χ3n) is 4.74. The summed E-state index contributed by atoms with van der Waals surface area (Å²) < 4.78 is 16.2. The predicted octanol–water partition coefficient (Wildman–Crippen LogP) is 2.02. The summed E-state index contributed by atoms with van der Waals surface area (Å²) in [5.41, 5.74) is 6.11. The van der Waals surface area contributed by atoms with E-state index in [1.807, 2.05) is 20.0 Å². The number of fused-ring (bicyclic) bond motifs is 1. The van der Waals surface area contributed by atoms with Crippen LogP contribution in [0.2, 0.25) is 0 Å². The maximum absolute atomic E-state index is 14.5. The number of hydrazine groups is 1. The number of carbonyl (C=O) groups is 1. The highest BCUT2D eigenvalue weighted by atomic mass is 19.1. The number of aromatic nitrogens is 3. The number of hydrogen-bond donors (Lipinski definition) is 2. The molecule has 2 N–H and O–H groups in total. The van der Waals surface area contributed by atoms with Gasteiger partial charge < -0.3 is 5.32 Å². The van der Waals surface area contributed by atoms with Gasteiger partial charge in [-0.15, -0.1) is 0 Å². The van der Waals surface area contributed by atoms with Gasteiger partial charge in [-0.2, -0.15) is 0 Å². The predicted molar refractivity (Wildman–Crippen MR) is 109 cm³/mol. The first kappa shape index (κ1) is 18.9. The number of imidazole rings is 1. The zero-order chi connectivity index (χ0) is 20.4. The smallest absolute Gasteiger partial charge is 0.270 e. The van der Waals surface area contributed by atoms with Gasteiger partial charge in [0, 0.05) is 18.9 Å². The standard InChI is InChI=1S/C20H22FN7O/c1-3-16-18(27-11-13(2)9-24-20(27)26-16)19(29)23-10-14-4-5-17(15(21)8-14)28-7-6-22-12-25-28/h4-5,8-9,11-12H,3,6-7,10H2,1-2H3,(H,22,25)(H,23,29). The van der Waals surface area contributed by atoms with Crippen LogP contribution >= 0.6 is 0 Å². The Balaban J connectivity index is 1.51. The molecule has 0 atom stereocenters. The molecule has 1 aliphatic heterocycles. The average Bonchev–Trinajstić information content (AvgIpc) is 3.10. The molecule has 3 aromatic rings. The second-order valence-corrected chi connectivity index (χ2v) is 6.85. The average molecular weight is 395 g/mol. The van der Waals surface area contributed by atoms with Crippen molar-refractivity contribution in [1.29, 1.82) is 0 Å². The number of carbonyl (C=O) groups excluding carboxylic acids is 1. The van der Waals surface area contributed by atoms with Crippen molar-refractivity contribution in [3.8, 4) is 0 Å². The Kier molecular flexibility index (Phi) is 5.11. The van der Waals surface area contributed by atoms with Crippen molar-refractivity contribution in [1.82, 2.24) is 25.1 Å². The van der Waals surface area contributed by atoms with Gasteiger partial charge in [-0.25, -0.2) is 14.4 Å². The van der Waals surface area contributed by atoms with E-state index in [4.69, 9.17) is 0 Å². The van der Waals surface area contributed by atoms with E-state index in [0.717, 1.165) is 5.56 Å². The number of amides is 1. The van der Waals surface area contributed by atoms with Gasteiger partial charge in [0.25, 0.3) is 5.91 Å². The Hall–Kier alpha value is -3.49. The molecule has 2 aromatic heterocycles. The number of rotatable bonds is 5. The van der Waals surface area contributed by atoms with Crippen LogP contribution < -0.4 is 15.8 Å². The first-order valence-corrected chi connectivity index (χ1v) is 9.49. The third kappa shape index (κ3) is 3.75. The van der Waals surface area contributed by atoms with Gasteiger partial charge in [0.05, 0.1) is 24.5 Å². The molecule has 1 aliphatic rings. The monoisotopic (exact) mass is 395 g/mol. The number of hydrogen-bond acceptors (Lipinski definition) is 6. The minimum Gasteiger partial charge on any atom is -0.347 e. The van der Waals surface area contributed by atoms with E-state index in [2.05, 4.69) is 25.7 Å². The summed E-state index contributed by atoms with van der Waals surface area (Å²) in [4.78, 5) is 25.6. The molecule has 0 fully saturated rings. The fourth-order valence-corrected chi connectivity index (χ4v) is 3.30. The second-order valence-electron chi connectivity index (χ2n) is 6.85. The van der Waals surface area contributed by atoms with E-state index < -0.39 is 0 Å². The number of nitrogens with one attached hydrogen (secondary N) is 2. The first-order chi connectivity index (χ1) is 14.1. The van der Waals surface area contributed by atoms with Crippen molar-refractivity contribution in [2.24, 2.45) is 4.99 Å². The third-order valence-corrected chi connectivity index (χ3v) is 4.74. The van der Waals surface area contributed by atoms with Crippen LogP contribution in [0.5, 0.6) is 0 Å². The first-order valence-electron chi connectivity index (χ1n) is 9.49. The van der Waals surface area contributed by atoms with Crippen LogP contribution in [-0.4, -0.2) is 39.7 Å². The van der Waals surface area contributed by atoms with Gasteiger partial charge in [0.2, 0.25) is 5.78 Å². The van der Waals surface area contributed by atoms with Crippen molar-refractivity contribution < 1.29 is 9.18 Å². The summed E-state index contributed by atoms with van der Waals surface area (Å²) in [7, 11) is 0. The van der Waals surface area contributed by atoms with Gasteiger partial charge in [-0.1, -0.05) is 13.0 Å². The second kappa shape index (κ2) is 7.86. The molecule has 0 spiro atoms. The topological polar surface area (TPSA) is 86.9 Å². The molecule has 1 amide bonds. The molecule has 8 nitrogen and oxygen atoms in total. The van der Waals surface area contributed by atoms with Gasteiger partial charge in [-0.05, 0) is 36.6 Å². The Morgan fingerprint density at radius 3 is 2.97 bits per heavy atom. The van der Waals surface area contributed by atoms with Crippen LogP contribution in [0.1, 0.15) is 34.2 Å². The molecule has 0 saturated carbocycles. The number of aliphatic imine (C=N–C) groups is 1. The summed E-state index contributed by atoms with van der Waals surface area (Å²) in [6.07, 6.45) is 5.72. The largest absolute Gasteiger partial charge is 0.347 e. The molecule has 29 heavy (non-hydrogen) atoms. The zero-order valence-electron chi connectivity index (χ0n) is 16.3. The summed E-state index contributed by atoms with van der Waals surface area (Å²) in [6, 6.07) is 4.93. The van der Waals surface area contributed by atoms with Crippen molar-refractivity contribution in [2.45, 2.75) is 26.8 Å². The van der Waals surface area contributed by atoms with Crippen molar-refractivity contribution in [3.63, 3.8) is 0 Å². The normalized spacial score (nSPS) is 13.6. The minimum absolute atomic E-state index is 0.209. The van der Waals surface area contributed by atoms with Crippen molar-refractivity contribution in [2.75, 3.05) is 18.1 Å². The van der Waals surface area contributed by atoms with Gasteiger partial charge in [0.1, 0.15) is 17.8 Å². The molecule has 0 unspecified atom stereocenters. The zero-order valence-corrected chi connectivity index (χ0v) is 16.3. The SMILES string of the molecule is CCc1nc2ncc(C)cn2c1C(=O)NCc1ccc(N2CCN=CN2)c(F)c1. The van der Waals surface area contributed by atoms with E-state index in [1.165, 1.54) is 6.07 Å². The summed E-state index contributed by atoms with van der Waals surface area (Å²) in [6.45, 7) is 5.26. The lowest BCUT2D eigenvalue weighted by Crippen LogP contribution is -2.42. The molecule has 3 heterocycles. The van der Waals surface area contributed by atoms with Gasteiger partial charge in [0.15, 0.2) is 0 Å². The number of anilines is 1. The Morgan fingerprint density at radius 2 is 2.24 bits per heavy atom. The minimum atomic E-state index is -0.358. The lowest BCUT2D eigenvalue weighted by atomic mass is 10.1. The molecule has 0 radical (unpaired) electrons. The van der Waals surface area contributed by atoms with E-state index in [-0.39, 0.29) is 18.3 Å². The Morgan fingerprint density at radius 1 is 1.38 bits per heavy atom. The molecule has 0 aliphatic carbocycles. The molecule has 1 aromatic carbocycles. The molecule has 4 rings (SSSR count). The molecular formula is C20H22FN7O. The number of nitrogens with zero attached hydrogens (tertiary/aromatic N) is 5. The van der Waals surface area contributed by atoms with Crippen LogP contribution in [0.25, 0.3) is 5.78 Å². The fraction of sp³-hybridized carbons (Fsp3) is 0.300. The van der Waals surface area contributed by atoms with E-state index in [0.29, 0.717) is 47.9 Å². The van der Waals surface area contributed by atoms with E-state index in [1.54, 1.807) is 34.1 Å². The van der Waals surface area contributed by atoms with Crippen LogP contribution in [0.15, 0.2) is 35.6 Å². The summed E-state index contributed by atoms with van der Waals surface area (Å²) in [5, 5.41) is 4.57. The molecule has 0 saturated heterocycles.